The molecule has 1 aromatic carbocycles. The zero-order valence-electron chi connectivity index (χ0n) is 14.0. The minimum atomic E-state index is -0.782. The second kappa shape index (κ2) is 8.06. The van der Waals surface area contributed by atoms with E-state index in [1.165, 1.54) is 7.11 Å². The van der Waals surface area contributed by atoms with E-state index >= 15 is 0 Å². The summed E-state index contributed by atoms with van der Waals surface area (Å²) in [4.78, 5) is 12.3. The minimum absolute atomic E-state index is 0.0112. The Bertz CT molecular complexity index is 720. The standard InChI is InChI=1S/C18H21N3O3/c1-13(21-8-4-5-9-21)10-18(22)20-16(12-19)15-7-6-14(23-2)11-17(15)24-3/h4-9,11,13,16H,10H2,1-3H3,(H,20,22)/t13-,16-/m1/s1. The number of carbonyl (C=O) groups is 1. The number of aromatic nitrogens is 1. The summed E-state index contributed by atoms with van der Waals surface area (Å²) in [6, 6.07) is 10.3. The zero-order chi connectivity index (χ0) is 17.5. The van der Waals surface area contributed by atoms with Crippen LogP contribution in [0.15, 0.2) is 42.7 Å². The fraction of sp³-hybridized carbons (Fsp3) is 0.333. The Morgan fingerprint density at radius 1 is 1.29 bits per heavy atom. The van der Waals surface area contributed by atoms with Crippen molar-refractivity contribution in [2.75, 3.05) is 14.2 Å². The van der Waals surface area contributed by atoms with Gasteiger partial charge in [-0.25, -0.2) is 0 Å². The van der Waals surface area contributed by atoms with Gasteiger partial charge >= 0.3 is 0 Å². The summed E-state index contributed by atoms with van der Waals surface area (Å²) in [5.74, 6) is 0.931. The normalized spacial score (nSPS) is 12.8. The number of benzene rings is 1. The summed E-state index contributed by atoms with van der Waals surface area (Å²) < 4.78 is 12.4. The lowest BCUT2D eigenvalue weighted by molar-refractivity contribution is -0.122. The molecule has 0 spiro atoms. The molecule has 0 radical (unpaired) electrons. The fourth-order valence-corrected chi connectivity index (χ4v) is 2.47. The summed E-state index contributed by atoms with van der Waals surface area (Å²) in [5.41, 5.74) is 0.600. The maximum Gasteiger partial charge on any atom is 0.223 e. The van der Waals surface area contributed by atoms with Gasteiger partial charge in [0.25, 0.3) is 0 Å². The summed E-state index contributed by atoms with van der Waals surface area (Å²) in [7, 11) is 3.07. The van der Waals surface area contributed by atoms with Crippen LogP contribution in [-0.2, 0) is 4.79 Å². The third-order valence-corrected chi connectivity index (χ3v) is 3.80. The van der Waals surface area contributed by atoms with Crippen molar-refractivity contribution in [1.29, 1.82) is 5.26 Å². The molecule has 0 aliphatic heterocycles. The molecule has 0 saturated carbocycles. The van der Waals surface area contributed by atoms with Gasteiger partial charge in [0.2, 0.25) is 5.91 Å². The number of hydrogen-bond donors (Lipinski definition) is 1. The number of nitrogens with zero attached hydrogens (tertiary/aromatic N) is 2. The van der Waals surface area contributed by atoms with Gasteiger partial charge in [0.05, 0.1) is 20.3 Å². The highest BCUT2D eigenvalue weighted by Gasteiger charge is 2.20. The molecular formula is C18H21N3O3. The van der Waals surface area contributed by atoms with Gasteiger partial charge in [-0.05, 0) is 31.2 Å². The van der Waals surface area contributed by atoms with Crippen LogP contribution in [0.2, 0.25) is 0 Å². The number of ether oxygens (including phenoxy) is 2. The fourth-order valence-electron chi connectivity index (χ4n) is 2.47. The number of amides is 1. The van der Waals surface area contributed by atoms with Crippen LogP contribution in [0, 0.1) is 11.3 Å². The van der Waals surface area contributed by atoms with Crippen LogP contribution < -0.4 is 14.8 Å². The van der Waals surface area contributed by atoms with Crippen LogP contribution in [0.3, 0.4) is 0 Å². The van der Waals surface area contributed by atoms with Crippen LogP contribution in [0.4, 0.5) is 0 Å². The lowest BCUT2D eigenvalue weighted by atomic mass is 10.1. The van der Waals surface area contributed by atoms with Crippen LogP contribution in [0.5, 0.6) is 11.5 Å². The van der Waals surface area contributed by atoms with Gasteiger partial charge in [-0.3, -0.25) is 4.79 Å². The van der Waals surface area contributed by atoms with Crippen molar-refractivity contribution in [1.82, 2.24) is 9.88 Å². The maximum atomic E-state index is 12.3. The molecule has 2 aromatic rings. The van der Waals surface area contributed by atoms with Gasteiger partial charge in [-0.15, -0.1) is 0 Å². The van der Waals surface area contributed by atoms with Gasteiger partial charge in [0, 0.05) is 36.5 Å². The van der Waals surface area contributed by atoms with Crippen LogP contribution >= 0.6 is 0 Å². The Labute approximate surface area is 141 Å². The summed E-state index contributed by atoms with van der Waals surface area (Å²) in [6.07, 6.45) is 4.10. The van der Waals surface area contributed by atoms with E-state index in [1.807, 2.05) is 36.0 Å². The van der Waals surface area contributed by atoms with Crippen molar-refractivity contribution in [3.63, 3.8) is 0 Å². The van der Waals surface area contributed by atoms with Gasteiger partial charge < -0.3 is 19.4 Å². The molecule has 0 aliphatic carbocycles. The van der Waals surface area contributed by atoms with Crippen molar-refractivity contribution in [2.45, 2.75) is 25.4 Å². The van der Waals surface area contributed by atoms with Gasteiger partial charge in [-0.2, -0.15) is 5.26 Å². The Kier molecular flexibility index (Phi) is 5.85. The molecule has 6 nitrogen and oxygen atoms in total. The Morgan fingerprint density at radius 3 is 2.58 bits per heavy atom. The molecule has 126 valence electrons. The Hall–Kier alpha value is -2.94. The Balaban J connectivity index is 2.09. The highest BCUT2D eigenvalue weighted by atomic mass is 16.5. The molecule has 0 bridgehead atoms. The van der Waals surface area contributed by atoms with E-state index in [9.17, 15) is 10.1 Å². The molecule has 2 atom stereocenters. The molecule has 6 heteroatoms. The van der Waals surface area contributed by atoms with Crippen molar-refractivity contribution in [2.24, 2.45) is 0 Å². The average molecular weight is 327 g/mol. The molecule has 24 heavy (non-hydrogen) atoms. The first-order chi connectivity index (χ1) is 11.6. The molecule has 1 amide bonds. The van der Waals surface area contributed by atoms with E-state index < -0.39 is 6.04 Å². The summed E-state index contributed by atoms with van der Waals surface area (Å²) >= 11 is 0. The number of methoxy groups -OCH3 is 2. The highest BCUT2D eigenvalue weighted by molar-refractivity contribution is 5.77. The van der Waals surface area contributed by atoms with E-state index in [2.05, 4.69) is 11.4 Å². The lowest BCUT2D eigenvalue weighted by Crippen LogP contribution is -2.29. The second-order valence-electron chi connectivity index (χ2n) is 5.42. The largest absolute Gasteiger partial charge is 0.497 e. The Morgan fingerprint density at radius 2 is 2.00 bits per heavy atom. The molecule has 2 rings (SSSR count). The summed E-state index contributed by atoms with van der Waals surface area (Å²) in [5, 5.41) is 12.2. The maximum absolute atomic E-state index is 12.3. The van der Waals surface area contributed by atoms with Gasteiger partial charge in [0.15, 0.2) is 0 Å². The van der Waals surface area contributed by atoms with E-state index in [0.717, 1.165) is 0 Å². The van der Waals surface area contributed by atoms with Gasteiger partial charge in [-0.1, -0.05) is 0 Å². The molecule has 0 fully saturated rings. The number of nitriles is 1. The molecule has 1 heterocycles. The molecule has 0 aliphatic rings. The molecule has 1 N–H and O–H groups in total. The molecule has 0 unspecified atom stereocenters. The molecule has 1 aromatic heterocycles. The zero-order valence-corrected chi connectivity index (χ0v) is 14.0. The van der Waals surface area contributed by atoms with E-state index in [1.54, 1.807) is 25.3 Å². The average Bonchev–Trinajstić information content (AvgIpc) is 3.14. The lowest BCUT2D eigenvalue weighted by Gasteiger charge is -2.18. The van der Waals surface area contributed by atoms with Crippen molar-refractivity contribution < 1.29 is 14.3 Å². The van der Waals surface area contributed by atoms with Crippen LogP contribution in [0.1, 0.15) is 31.0 Å². The molecule has 0 saturated heterocycles. The SMILES string of the molecule is COc1ccc([C@@H](C#N)NC(=O)C[C@@H](C)n2cccc2)c(OC)c1. The van der Waals surface area contributed by atoms with Crippen molar-refractivity contribution >= 4 is 5.91 Å². The smallest absolute Gasteiger partial charge is 0.223 e. The third-order valence-electron chi connectivity index (χ3n) is 3.80. The van der Waals surface area contributed by atoms with Crippen LogP contribution in [0.25, 0.3) is 0 Å². The number of carbonyl (C=O) groups excluding carboxylic acids is 1. The monoisotopic (exact) mass is 327 g/mol. The number of hydrogen-bond acceptors (Lipinski definition) is 4. The number of nitrogens with one attached hydrogen (secondary N) is 1. The first-order valence-corrected chi connectivity index (χ1v) is 7.62. The summed E-state index contributed by atoms with van der Waals surface area (Å²) in [6.45, 7) is 1.95. The second-order valence-corrected chi connectivity index (χ2v) is 5.42. The third kappa shape index (κ3) is 4.07. The van der Waals surface area contributed by atoms with Gasteiger partial charge in [0.1, 0.15) is 17.5 Å². The predicted octanol–water partition coefficient (Wildman–Crippen LogP) is 2.84. The van der Waals surface area contributed by atoms with Crippen molar-refractivity contribution in [3.8, 4) is 17.6 Å². The highest BCUT2D eigenvalue weighted by Crippen LogP contribution is 2.29. The van der Waals surface area contributed by atoms with E-state index in [0.29, 0.717) is 17.1 Å². The topological polar surface area (TPSA) is 76.3 Å². The van der Waals surface area contributed by atoms with Crippen LogP contribution in [-0.4, -0.2) is 24.7 Å². The first kappa shape index (κ1) is 17.4. The number of rotatable bonds is 7. The van der Waals surface area contributed by atoms with Crippen molar-refractivity contribution in [3.05, 3.63) is 48.3 Å². The minimum Gasteiger partial charge on any atom is -0.497 e. The molecular weight excluding hydrogens is 306 g/mol. The first-order valence-electron chi connectivity index (χ1n) is 7.62. The van der Waals surface area contributed by atoms with E-state index in [4.69, 9.17) is 9.47 Å². The van der Waals surface area contributed by atoms with E-state index in [-0.39, 0.29) is 18.4 Å². The quantitative estimate of drug-likeness (QED) is 0.848. The predicted molar refractivity (Wildman–Crippen MR) is 89.8 cm³/mol.